The lowest BCUT2D eigenvalue weighted by Gasteiger charge is -2.18. The van der Waals surface area contributed by atoms with E-state index in [9.17, 15) is 0 Å². The van der Waals surface area contributed by atoms with E-state index >= 15 is 0 Å². The highest BCUT2D eigenvalue weighted by Gasteiger charge is 2.18. The van der Waals surface area contributed by atoms with Crippen molar-refractivity contribution >= 4 is 33.5 Å². The van der Waals surface area contributed by atoms with Crippen LogP contribution in [0.3, 0.4) is 0 Å². The summed E-state index contributed by atoms with van der Waals surface area (Å²) in [6.45, 7) is 8.16. The Hall–Kier alpha value is -2.71. The number of benzene rings is 3. The second kappa shape index (κ2) is 12.2. The maximum absolute atomic E-state index is 6.31. The Morgan fingerprint density at radius 3 is 2.43 bits per heavy atom. The van der Waals surface area contributed by atoms with Crippen LogP contribution < -0.4 is 14.2 Å². The number of hydrogen-bond donors (Lipinski definition) is 0. The van der Waals surface area contributed by atoms with Crippen LogP contribution in [0.4, 0.5) is 0 Å². The van der Waals surface area contributed by atoms with E-state index in [1.807, 2.05) is 50.2 Å². The third kappa shape index (κ3) is 6.60. The minimum absolute atomic E-state index is 0.0345. The van der Waals surface area contributed by atoms with Crippen molar-refractivity contribution in [1.29, 1.82) is 0 Å². The first-order valence-corrected chi connectivity index (χ1v) is 14.3. The zero-order valence-corrected chi connectivity index (χ0v) is 23.2. The van der Waals surface area contributed by atoms with Gasteiger partial charge in [-0.1, -0.05) is 18.2 Å². The molecule has 194 valence electrons. The summed E-state index contributed by atoms with van der Waals surface area (Å²) in [5.41, 5.74) is 0.990. The third-order valence-corrected chi connectivity index (χ3v) is 8.11. The minimum Gasteiger partial charge on any atom is -0.493 e. The summed E-state index contributed by atoms with van der Waals surface area (Å²) in [5.74, 6) is 2.79. The quantitative estimate of drug-likeness (QED) is 0.142. The minimum atomic E-state index is 0.0345. The zero-order chi connectivity index (χ0) is 25.6. The molecule has 0 saturated carbocycles. The largest absolute Gasteiger partial charge is 0.493 e. The van der Waals surface area contributed by atoms with Gasteiger partial charge in [0, 0.05) is 44.7 Å². The second-order valence-electron chi connectivity index (χ2n) is 9.34. The molecule has 0 bridgehead atoms. The number of nitrogens with zero attached hydrogens (tertiary/aromatic N) is 1. The topological polar surface area (TPSA) is 40.2 Å². The standard InChI is InChI=1S/C30H33NO4S2/c1-21(2)34-26-20-27(32-3)28(19-25(26)30-18-22-8-4-5-9-29(22)36-30)35-23-10-12-24(13-11-23)37-33-17-16-31-14-6-7-15-31/h4-5,8-13,18-21H,6-7,14-17H2,1-3H3. The van der Waals surface area contributed by atoms with Crippen molar-refractivity contribution in [3.05, 3.63) is 66.7 Å². The van der Waals surface area contributed by atoms with Gasteiger partial charge in [-0.3, -0.25) is 0 Å². The van der Waals surface area contributed by atoms with Crippen LogP contribution >= 0.6 is 23.4 Å². The molecule has 0 spiro atoms. The molecule has 1 fully saturated rings. The first kappa shape index (κ1) is 25.9. The molecule has 37 heavy (non-hydrogen) atoms. The second-order valence-corrected chi connectivity index (χ2v) is 11.3. The van der Waals surface area contributed by atoms with Crippen LogP contribution in [0.15, 0.2) is 71.6 Å². The van der Waals surface area contributed by atoms with E-state index < -0.39 is 0 Å². The molecule has 1 aromatic heterocycles. The van der Waals surface area contributed by atoms with Gasteiger partial charge in [0.25, 0.3) is 0 Å². The Labute approximate surface area is 227 Å². The lowest BCUT2D eigenvalue weighted by Crippen LogP contribution is -2.23. The highest BCUT2D eigenvalue weighted by Crippen LogP contribution is 2.45. The molecule has 0 radical (unpaired) electrons. The maximum atomic E-state index is 6.31. The number of thiophene rings is 1. The van der Waals surface area contributed by atoms with Crippen LogP contribution in [-0.2, 0) is 4.18 Å². The van der Waals surface area contributed by atoms with Gasteiger partial charge in [-0.25, -0.2) is 0 Å². The Morgan fingerprint density at radius 1 is 0.919 bits per heavy atom. The van der Waals surface area contributed by atoms with Crippen molar-refractivity contribution in [2.45, 2.75) is 37.7 Å². The fraction of sp³-hybridized carbons (Fsp3) is 0.333. The molecular weight excluding hydrogens is 502 g/mol. The predicted molar refractivity (Wildman–Crippen MR) is 154 cm³/mol. The van der Waals surface area contributed by atoms with Gasteiger partial charge in [0.1, 0.15) is 11.5 Å². The van der Waals surface area contributed by atoms with Gasteiger partial charge in [0.05, 0.1) is 19.8 Å². The molecule has 5 nitrogen and oxygen atoms in total. The lowest BCUT2D eigenvalue weighted by molar-refractivity contribution is 0.242. The summed E-state index contributed by atoms with van der Waals surface area (Å²) in [5, 5.41) is 1.21. The van der Waals surface area contributed by atoms with Crippen LogP contribution in [0.25, 0.3) is 20.5 Å². The highest BCUT2D eigenvalue weighted by atomic mass is 32.2. The van der Waals surface area contributed by atoms with Gasteiger partial charge in [-0.05, 0) is 87.6 Å². The number of likely N-dealkylation sites (tertiary alicyclic amines) is 1. The van der Waals surface area contributed by atoms with Gasteiger partial charge in [0.15, 0.2) is 11.5 Å². The van der Waals surface area contributed by atoms with Crippen molar-refractivity contribution in [2.24, 2.45) is 0 Å². The molecule has 2 heterocycles. The summed E-state index contributed by atoms with van der Waals surface area (Å²) >= 11 is 3.16. The zero-order valence-electron chi connectivity index (χ0n) is 21.6. The average Bonchev–Trinajstić information content (AvgIpc) is 3.58. The van der Waals surface area contributed by atoms with E-state index in [0.29, 0.717) is 11.5 Å². The van der Waals surface area contributed by atoms with Crippen LogP contribution in [0, 0.1) is 0 Å². The molecule has 3 aromatic carbocycles. The highest BCUT2D eigenvalue weighted by molar-refractivity contribution is 7.94. The molecule has 5 rings (SSSR count). The number of rotatable bonds is 11. The van der Waals surface area contributed by atoms with Crippen molar-refractivity contribution < 1.29 is 18.4 Å². The van der Waals surface area contributed by atoms with Crippen molar-refractivity contribution in [3.8, 4) is 33.4 Å². The third-order valence-electron chi connectivity index (χ3n) is 6.22. The maximum Gasteiger partial charge on any atom is 0.170 e. The number of hydrogen-bond acceptors (Lipinski definition) is 7. The summed E-state index contributed by atoms with van der Waals surface area (Å²) < 4.78 is 25.2. The molecule has 1 aliphatic heterocycles. The van der Waals surface area contributed by atoms with Gasteiger partial charge in [-0.15, -0.1) is 11.3 Å². The molecule has 1 aliphatic rings. The molecule has 0 N–H and O–H groups in total. The first-order chi connectivity index (χ1) is 18.1. The summed E-state index contributed by atoms with van der Waals surface area (Å²) in [7, 11) is 1.65. The average molecular weight is 536 g/mol. The van der Waals surface area contributed by atoms with Crippen molar-refractivity contribution in [2.75, 3.05) is 33.4 Å². The van der Waals surface area contributed by atoms with Crippen molar-refractivity contribution in [3.63, 3.8) is 0 Å². The van der Waals surface area contributed by atoms with Crippen LogP contribution in [-0.4, -0.2) is 44.4 Å². The van der Waals surface area contributed by atoms with Crippen LogP contribution in [0.5, 0.6) is 23.0 Å². The Kier molecular flexibility index (Phi) is 8.56. The molecule has 0 amide bonds. The Morgan fingerprint density at radius 2 is 1.70 bits per heavy atom. The molecule has 0 aliphatic carbocycles. The van der Waals surface area contributed by atoms with Gasteiger partial charge in [0.2, 0.25) is 0 Å². The molecule has 1 saturated heterocycles. The first-order valence-electron chi connectivity index (χ1n) is 12.8. The lowest BCUT2D eigenvalue weighted by atomic mass is 10.1. The Balaban J connectivity index is 1.33. The van der Waals surface area contributed by atoms with Gasteiger partial charge < -0.3 is 23.3 Å². The fourth-order valence-corrected chi connectivity index (χ4v) is 6.04. The van der Waals surface area contributed by atoms with Crippen LogP contribution in [0.2, 0.25) is 0 Å². The monoisotopic (exact) mass is 535 g/mol. The van der Waals surface area contributed by atoms with Crippen LogP contribution in [0.1, 0.15) is 26.7 Å². The normalized spacial score (nSPS) is 13.9. The Bertz CT molecular complexity index is 1280. The fourth-order valence-electron chi connectivity index (χ4n) is 4.41. The van der Waals surface area contributed by atoms with E-state index in [0.717, 1.165) is 40.0 Å². The molecule has 0 atom stereocenters. The summed E-state index contributed by atoms with van der Waals surface area (Å²) in [4.78, 5) is 4.63. The smallest absolute Gasteiger partial charge is 0.170 e. The van der Waals surface area contributed by atoms with E-state index in [1.54, 1.807) is 18.4 Å². The van der Waals surface area contributed by atoms with Crippen molar-refractivity contribution in [1.82, 2.24) is 4.90 Å². The molecule has 7 heteroatoms. The van der Waals surface area contributed by atoms with Gasteiger partial charge >= 0.3 is 0 Å². The van der Waals surface area contributed by atoms with E-state index in [1.165, 1.54) is 48.1 Å². The number of ether oxygens (including phenoxy) is 3. The SMILES string of the molecule is COc1cc(OC(C)C)c(-c2cc3ccccc3s2)cc1Oc1ccc(SOCCN2CCCC2)cc1. The number of methoxy groups -OCH3 is 1. The molecule has 0 unspecified atom stereocenters. The van der Waals surface area contributed by atoms with E-state index in [2.05, 4.69) is 35.2 Å². The number of fused-ring (bicyclic) bond motifs is 1. The van der Waals surface area contributed by atoms with E-state index in [-0.39, 0.29) is 6.10 Å². The van der Waals surface area contributed by atoms with E-state index in [4.69, 9.17) is 18.4 Å². The van der Waals surface area contributed by atoms with Gasteiger partial charge in [-0.2, -0.15) is 0 Å². The summed E-state index contributed by atoms with van der Waals surface area (Å²) in [6.07, 6.45) is 2.64. The molecular formula is C30H33NO4S2. The molecule has 4 aromatic rings. The predicted octanol–water partition coefficient (Wildman–Crippen LogP) is 8.28. The summed E-state index contributed by atoms with van der Waals surface area (Å²) in [6, 6.07) is 22.5.